The average molecular weight is 260 g/mol. The van der Waals surface area contributed by atoms with Crippen molar-refractivity contribution in [3.8, 4) is 0 Å². The van der Waals surface area contributed by atoms with Gasteiger partial charge in [0.1, 0.15) is 12.3 Å². The minimum atomic E-state index is -1.07. The summed E-state index contributed by atoms with van der Waals surface area (Å²) in [6, 6.07) is 0. The normalized spacial score (nSPS) is 27.6. The molecule has 0 spiro atoms. The van der Waals surface area contributed by atoms with Crippen LogP contribution in [0.2, 0.25) is 0 Å². The van der Waals surface area contributed by atoms with E-state index in [4.69, 9.17) is 14.6 Å². The molecule has 3 unspecified atom stereocenters. The molecule has 7 nitrogen and oxygen atoms in total. The summed E-state index contributed by atoms with van der Waals surface area (Å²) in [6.45, 7) is -0.268. The molecule has 0 radical (unpaired) electrons. The van der Waals surface area contributed by atoms with Crippen molar-refractivity contribution in [3.63, 3.8) is 0 Å². The number of nitrogens with one attached hydrogen (secondary N) is 1. The van der Waals surface area contributed by atoms with Crippen LogP contribution in [-0.2, 0) is 9.47 Å². The van der Waals surface area contributed by atoms with Crippen molar-refractivity contribution in [2.24, 2.45) is 0 Å². The molecular formula is C10H13FN2O5. The van der Waals surface area contributed by atoms with E-state index in [0.717, 1.165) is 10.8 Å². The Morgan fingerprint density at radius 3 is 2.94 bits per heavy atom. The molecule has 0 aromatic carbocycles. The van der Waals surface area contributed by atoms with Gasteiger partial charge in [0.2, 0.25) is 5.82 Å². The van der Waals surface area contributed by atoms with Gasteiger partial charge in [0, 0.05) is 13.5 Å². The van der Waals surface area contributed by atoms with E-state index >= 15 is 0 Å². The van der Waals surface area contributed by atoms with Gasteiger partial charge in [0.05, 0.1) is 18.9 Å². The number of aromatic amines is 1. The largest absolute Gasteiger partial charge is 0.394 e. The fourth-order valence-electron chi connectivity index (χ4n) is 1.96. The molecule has 8 heteroatoms. The Hall–Kier alpha value is -1.51. The number of methoxy groups -OCH3 is 1. The fourth-order valence-corrected chi connectivity index (χ4v) is 1.96. The third kappa shape index (κ3) is 2.22. The summed E-state index contributed by atoms with van der Waals surface area (Å²) >= 11 is 0. The number of hydrogen-bond donors (Lipinski definition) is 2. The first kappa shape index (κ1) is 12.9. The minimum Gasteiger partial charge on any atom is -0.394 e. The van der Waals surface area contributed by atoms with Crippen LogP contribution >= 0.6 is 0 Å². The number of aromatic nitrogens is 2. The smallest absolute Gasteiger partial charge is 0.330 e. The lowest BCUT2D eigenvalue weighted by atomic mass is 10.2. The molecule has 2 N–H and O–H groups in total. The number of hydrogen-bond acceptors (Lipinski definition) is 5. The highest BCUT2D eigenvalue weighted by atomic mass is 19.1. The SMILES string of the molecule is COC1CC(n2cc(F)c(=O)[nH]c2=O)OC1CO. The highest BCUT2D eigenvalue weighted by molar-refractivity contribution is 4.91. The second-order valence-corrected chi connectivity index (χ2v) is 3.97. The van der Waals surface area contributed by atoms with Crippen molar-refractivity contribution in [3.05, 3.63) is 32.9 Å². The van der Waals surface area contributed by atoms with Crippen molar-refractivity contribution < 1.29 is 19.0 Å². The van der Waals surface area contributed by atoms with E-state index in [1.54, 1.807) is 0 Å². The number of ether oxygens (including phenoxy) is 2. The van der Waals surface area contributed by atoms with E-state index in [9.17, 15) is 14.0 Å². The Kier molecular flexibility index (Phi) is 3.60. The molecule has 2 heterocycles. The lowest BCUT2D eigenvalue weighted by molar-refractivity contribution is -0.0537. The monoisotopic (exact) mass is 260 g/mol. The second-order valence-electron chi connectivity index (χ2n) is 3.97. The molecule has 1 aliphatic rings. The van der Waals surface area contributed by atoms with Crippen molar-refractivity contribution in [1.82, 2.24) is 9.55 Å². The maximum atomic E-state index is 13.1. The first-order valence-corrected chi connectivity index (χ1v) is 5.37. The third-order valence-corrected chi connectivity index (χ3v) is 2.90. The van der Waals surface area contributed by atoms with Crippen molar-refractivity contribution in [1.29, 1.82) is 0 Å². The van der Waals surface area contributed by atoms with E-state index in [-0.39, 0.29) is 19.1 Å². The van der Waals surface area contributed by atoms with Crippen LogP contribution in [0.1, 0.15) is 12.6 Å². The summed E-state index contributed by atoms with van der Waals surface area (Å²) < 4.78 is 24.5. The standard InChI is InChI=1S/C10H13FN2O5/c1-17-6-2-8(18-7(6)4-14)13-3-5(11)9(15)12-10(13)16/h3,6-8,14H,2,4H2,1H3,(H,12,15,16). The summed E-state index contributed by atoms with van der Waals surface area (Å²) in [4.78, 5) is 24.3. The summed E-state index contributed by atoms with van der Waals surface area (Å²) in [5, 5.41) is 9.08. The Bertz CT molecular complexity index is 528. The third-order valence-electron chi connectivity index (χ3n) is 2.90. The molecule has 1 saturated heterocycles. The van der Waals surface area contributed by atoms with Gasteiger partial charge >= 0.3 is 5.69 Å². The molecule has 100 valence electrons. The number of halogens is 1. The minimum absolute atomic E-state index is 0.268. The molecule has 2 rings (SSSR count). The van der Waals surface area contributed by atoms with Gasteiger partial charge in [-0.3, -0.25) is 14.3 Å². The number of H-pyrrole nitrogens is 1. The zero-order chi connectivity index (χ0) is 13.3. The van der Waals surface area contributed by atoms with Crippen LogP contribution in [-0.4, -0.2) is 40.6 Å². The Morgan fingerprint density at radius 2 is 2.39 bits per heavy atom. The van der Waals surface area contributed by atoms with Crippen LogP contribution < -0.4 is 11.2 Å². The average Bonchev–Trinajstić information content (AvgIpc) is 2.76. The van der Waals surface area contributed by atoms with Gasteiger partial charge in [-0.05, 0) is 0 Å². The van der Waals surface area contributed by atoms with E-state index in [2.05, 4.69) is 0 Å². The van der Waals surface area contributed by atoms with Crippen molar-refractivity contribution in [2.75, 3.05) is 13.7 Å². The number of aliphatic hydroxyl groups is 1. The lowest BCUT2D eigenvalue weighted by Crippen LogP contribution is -2.34. The second kappa shape index (κ2) is 5.01. The van der Waals surface area contributed by atoms with Gasteiger partial charge in [0.25, 0.3) is 5.56 Å². The summed E-state index contributed by atoms with van der Waals surface area (Å²) in [7, 11) is 1.45. The van der Waals surface area contributed by atoms with Gasteiger partial charge in [-0.25, -0.2) is 4.79 Å². The predicted octanol–water partition coefficient (Wildman–Crippen LogP) is -1.03. The molecule has 0 saturated carbocycles. The molecule has 1 aromatic rings. The molecular weight excluding hydrogens is 247 g/mol. The highest BCUT2D eigenvalue weighted by Gasteiger charge is 2.36. The van der Waals surface area contributed by atoms with E-state index in [0.29, 0.717) is 0 Å². The summed E-state index contributed by atoms with van der Waals surface area (Å²) in [5.41, 5.74) is -1.84. The van der Waals surface area contributed by atoms with Crippen LogP contribution in [0.3, 0.4) is 0 Å². The maximum Gasteiger partial charge on any atom is 0.330 e. The highest BCUT2D eigenvalue weighted by Crippen LogP contribution is 2.28. The molecule has 0 aliphatic carbocycles. The summed E-state index contributed by atoms with van der Waals surface area (Å²) in [6.07, 6.45) is -0.666. The Morgan fingerprint density at radius 1 is 1.67 bits per heavy atom. The topological polar surface area (TPSA) is 93.6 Å². The first-order valence-electron chi connectivity index (χ1n) is 5.37. The summed E-state index contributed by atoms with van der Waals surface area (Å²) in [5.74, 6) is -1.07. The van der Waals surface area contributed by atoms with Gasteiger partial charge in [0.15, 0.2) is 0 Å². The molecule has 0 amide bonds. The van der Waals surface area contributed by atoms with E-state index < -0.39 is 29.4 Å². The maximum absolute atomic E-state index is 13.1. The molecule has 1 fully saturated rings. The van der Waals surface area contributed by atoms with Gasteiger partial charge in [-0.15, -0.1) is 0 Å². The number of nitrogens with zero attached hydrogens (tertiary/aromatic N) is 1. The Balaban J connectivity index is 2.31. The van der Waals surface area contributed by atoms with Gasteiger partial charge in [-0.1, -0.05) is 0 Å². The number of aliphatic hydroxyl groups excluding tert-OH is 1. The van der Waals surface area contributed by atoms with Crippen LogP contribution in [0, 0.1) is 5.82 Å². The molecule has 18 heavy (non-hydrogen) atoms. The van der Waals surface area contributed by atoms with Crippen LogP contribution in [0.5, 0.6) is 0 Å². The fraction of sp³-hybridized carbons (Fsp3) is 0.600. The molecule has 3 atom stereocenters. The van der Waals surface area contributed by atoms with Crippen LogP contribution in [0.4, 0.5) is 4.39 Å². The Labute approximate surface area is 101 Å². The molecule has 1 aromatic heterocycles. The van der Waals surface area contributed by atoms with Crippen molar-refractivity contribution >= 4 is 0 Å². The van der Waals surface area contributed by atoms with E-state index in [1.807, 2.05) is 4.98 Å². The van der Waals surface area contributed by atoms with E-state index in [1.165, 1.54) is 7.11 Å². The quantitative estimate of drug-likeness (QED) is 0.725. The van der Waals surface area contributed by atoms with Gasteiger partial charge in [-0.2, -0.15) is 4.39 Å². The van der Waals surface area contributed by atoms with Crippen molar-refractivity contribution in [2.45, 2.75) is 24.9 Å². The molecule has 0 bridgehead atoms. The predicted molar refractivity (Wildman–Crippen MR) is 57.7 cm³/mol. The lowest BCUT2D eigenvalue weighted by Gasteiger charge is -2.14. The molecule has 1 aliphatic heterocycles. The van der Waals surface area contributed by atoms with Crippen LogP contribution in [0.15, 0.2) is 15.8 Å². The first-order chi connectivity index (χ1) is 8.56. The zero-order valence-corrected chi connectivity index (χ0v) is 9.63. The van der Waals surface area contributed by atoms with Crippen LogP contribution in [0.25, 0.3) is 0 Å². The van der Waals surface area contributed by atoms with Gasteiger partial charge < -0.3 is 14.6 Å². The number of rotatable bonds is 3. The zero-order valence-electron chi connectivity index (χ0n) is 9.63.